The third kappa shape index (κ3) is 2.89. The molecule has 17 heavy (non-hydrogen) atoms. The van der Waals surface area contributed by atoms with Crippen LogP contribution >= 0.6 is 15.9 Å². The van der Waals surface area contributed by atoms with Crippen LogP contribution in [0, 0.1) is 0 Å². The van der Waals surface area contributed by atoms with Gasteiger partial charge in [0.2, 0.25) is 0 Å². The predicted molar refractivity (Wildman–Crippen MR) is 68.4 cm³/mol. The maximum atomic E-state index is 4.39. The molecule has 2 rings (SSSR count). The number of rotatable bonds is 4. The van der Waals surface area contributed by atoms with E-state index in [1.54, 1.807) is 10.9 Å². The van der Waals surface area contributed by atoms with E-state index in [1.807, 2.05) is 32.4 Å². The van der Waals surface area contributed by atoms with Gasteiger partial charge in [-0.1, -0.05) is 5.21 Å². The molecule has 0 aliphatic heterocycles. The van der Waals surface area contributed by atoms with Crippen LogP contribution in [-0.4, -0.2) is 27.0 Å². The number of halogens is 1. The van der Waals surface area contributed by atoms with E-state index in [9.17, 15) is 0 Å². The van der Waals surface area contributed by atoms with Crippen molar-refractivity contribution < 1.29 is 0 Å². The third-order valence-corrected chi connectivity index (χ3v) is 3.20. The van der Waals surface area contributed by atoms with Gasteiger partial charge in [0.15, 0.2) is 0 Å². The summed E-state index contributed by atoms with van der Waals surface area (Å²) in [5.74, 6) is 0. The fourth-order valence-corrected chi connectivity index (χ4v) is 2.22. The van der Waals surface area contributed by atoms with Gasteiger partial charge in [0, 0.05) is 30.3 Å². The van der Waals surface area contributed by atoms with E-state index in [1.165, 1.54) is 0 Å². The summed E-state index contributed by atoms with van der Waals surface area (Å²) in [5, 5.41) is 11.3. The van der Waals surface area contributed by atoms with E-state index in [-0.39, 0.29) is 6.04 Å². The predicted octanol–water partition coefficient (Wildman–Crippen LogP) is 1.48. The van der Waals surface area contributed by atoms with Crippen LogP contribution in [0.1, 0.15) is 17.4 Å². The molecule has 1 unspecified atom stereocenters. The fourth-order valence-electron chi connectivity index (χ4n) is 1.69. The third-order valence-electron chi connectivity index (χ3n) is 2.53. The average molecular weight is 296 g/mol. The van der Waals surface area contributed by atoms with Crippen LogP contribution in [0.5, 0.6) is 0 Å². The lowest BCUT2D eigenvalue weighted by Crippen LogP contribution is -2.20. The minimum absolute atomic E-state index is 0.127. The summed E-state index contributed by atoms with van der Waals surface area (Å²) >= 11 is 3.51. The molecule has 6 heteroatoms. The Bertz CT molecular complexity index is 496. The first kappa shape index (κ1) is 12.2. The van der Waals surface area contributed by atoms with Crippen LogP contribution in [0.25, 0.3) is 0 Å². The second-order valence-electron chi connectivity index (χ2n) is 3.80. The average Bonchev–Trinajstić information content (AvgIpc) is 2.73. The monoisotopic (exact) mass is 295 g/mol. The molecule has 0 aromatic carbocycles. The number of likely N-dealkylation sites (N-methyl/N-ethyl adjacent to an activating group) is 1. The molecule has 0 bridgehead atoms. The smallest absolute Gasteiger partial charge is 0.0846 e. The Morgan fingerprint density at radius 2 is 2.35 bits per heavy atom. The molecule has 0 amide bonds. The highest BCUT2D eigenvalue weighted by Gasteiger charge is 2.15. The lowest BCUT2D eigenvalue weighted by atomic mass is 10.1. The fraction of sp³-hybridized carbons (Fsp3) is 0.364. The lowest BCUT2D eigenvalue weighted by Gasteiger charge is -2.15. The van der Waals surface area contributed by atoms with Crippen molar-refractivity contribution in [2.45, 2.75) is 12.5 Å². The van der Waals surface area contributed by atoms with Crippen LogP contribution in [0.15, 0.2) is 29.0 Å². The number of aromatic nitrogens is 4. The molecule has 90 valence electrons. The first-order chi connectivity index (χ1) is 8.20. The second kappa shape index (κ2) is 5.37. The van der Waals surface area contributed by atoms with Crippen LogP contribution < -0.4 is 5.32 Å². The van der Waals surface area contributed by atoms with E-state index in [2.05, 4.69) is 36.5 Å². The van der Waals surface area contributed by atoms with E-state index in [0.29, 0.717) is 0 Å². The van der Waals surface area contributed by atoms with Crippen LogP contribution in [-0.2, 0) is 13.5 Å². The molecular formula is C11H14BrN5. The number of pyridine rings is 1. The quantitative estimate of drug-likeness (QED) is 0.928. The zero-order valence-electron chi connectivity index (χ0n) is 9.76. The highest BCUT2D eigenvalue weighted by molar-refractivity contribution is 9.10. The second-order valence-corrected chi connectivity index (χ2v) is 4.65. The van der Waals surface area contributed by atoms with E-state index in [0.717, 1.165) is 22.3 Å². The summed E-state index contributed by atoms with van der Waals surface area (Å²) in [7, 11) is 3.78. The van der Waals surface area contributed by atoms with Gasteiger partial charge in [-0.05, 0) is 35.1 Å². The minimum atomic E-state index is 0.127. The van der Waals surface area contributed by atoms with Gasteiger partial charge in [-0.3, -0.25) is 9.67 Å². The molecular weight excluding hydrogens is 282 g/mol. The van der Waals surface area contributed by atoms with E-state index >= 15 is 0 Å². The van der Waals surface area contributed by atoms with E-state index in [4.69, 9.17) is 0 Å². The molecule has 2 heterocycles. The van der Waals surface area contributed by atoms with E-state index < -0.39 is 0 Å². The van der Waals surface area contributed by atoms with Crippen molar-refractivity contribution in [2.75, 3.05) is 7.05 Å². The Kier molecular flexibility index (Phi) is 3.86. The molecule has 2 aromatic rings. The van der Waals surface area contributed by atoms with Crippen molar-refractivity contribution in [3.8, 4) is 0 Å². The summed E-state index contributed by atoms with van der Waals surface area (Å²) in [6.07, 6.45) is 4.47. The van der Waals surface area contributed by atoms with Gasteiger partial charge in [-0.15, -0.1) is 5.10 Å². The van der Waals surface area contributed by atoms with Gasteiger partial charge in [0.25, 0.3) is 0 Å². The molecule has 0 saturated carbocycles. The Hall–Kier alpha value is -1.27. The standard InChI is InChI=1S/C11H14BrN5/c1-13-10(6-8-7-17(2)16-15-8)11-9(12)4-3-5-14-11/h3-5,7,10,13H,6H2,1-2H3. The van der Waals surface area contributed by atoms with Crippen molar-refractivity contribution in [2.24, 2.45) is 7.05 Å². The summed E-state index contributed by atoms with van der Waals surface area (Å²) < 4.78 is 2.71. The van der Waals surface area contributed by atoms with Crippen LogP contribution in [0.3, 0.4) is 0 Å². The maximum absolute atomic E-state index is 4.39. The topological polar surface area (TPSA) is 55.6 Å². The molecule has 1 N–H and O–H groups in total. The summed E-state index contributed by atoms with van der Waals surface area (Å²) in [6.45, 7) is 0. The SMILES string of the molecule is CNC(Cc1cn(C)nn1)c1ncccc1Br. The number of aryl methyl sites for hydroxylation is 1. The van der Waals surface area contributed by atoms with Gasteiger partial charge >= 0.3 is 0 Å². The van der Waals surface area contributed by atoms with Crippen molar-refractivity contribution >= 4 is 15.9 Å². The van der Waals surface area contributed by atoms with Gasteiger partial charge in [-0.25, -0.2) is 0 Å². The highest BCUT2D eigenvalue weighted by atomic mass is 79.9. The Morgan fingerprint density at radius 3 is 2.94 bits per heavy atom. The largest absolute Gasteiger partial charge is 0.311 e. The van der Waals surface area contributed by atoms with Crippen LogP contribution in [0.2, 0.25) is 0 Å². The van der Waals surface area contributed by atoms with Crippen LogP contribution in [0.4, 0.5) is 0 Å². The van der Waals surface area contributed by atoms with Crippen molar-refractivity contribution in [1.29, 1.82) is 0 Å². The van der Waals surface area contributed by atoms with Gasteiger partial charge in [-0.2, -0.15) is 0 Å². The Balaban J connectivity index is 2.20. The molecule has 0 spiro atoms. The molecule has 0 aliphatic rings. The summed E-state index contributed by atoms with van der Waals surface area (Å²) in [4.78, 5) is 4.39. The molecule has 0 radical (unpaired) electrons. The number of nitrogens with one attached hydrogen (secondary N) is 1. The Morgan fingerprint density at radius 1 is 1.53 bits per heavy atom. The Labute approximate surface area is 108 Å². The summed E-state index contributed by atoms with van der Waals surface area (Å²) in [6, 6.07) is 4.02. The molecule has 5 nitrogen and oxygen atoms in total. The maximum Gasteiger partial charge on any atom is 0.0846 e. The molecule has 0 aliphatic carbocycles. The summed E-state index contributed by atoms with van der Waals surface area (Å²) in [5.41, 5.74) is 1.94. The zero-order valence-corrected chi connectivity index (χ0v) is 11.3. The zero-order chi connectivity index (χ0) is 12.3. The molecule has 0 fully saturated rings. The lowest BCUT2D eigenvalue weighted by molar-refractivity contribution is 0.565. The highest BCUT2D eigenvalue weighted by Crippen LogP contribution is 2.22. The van der Waals surface area contributed by atoms with Crippen molar-refractivity contribution in [3.05, 3.63) is 40.4 Å². The van der Waals surface area contributed by atoms with Gasteiger partial charge in [0.05, 0.1) is 17.4 Å². The minimum Gasteiger partial charge on any atom is -0.311 e. The van der Waals surface area contributed by atoms with Crippen molar-refractivity contribution in [1.82, 2.24) is 25.3 Å². The van der Waals surface area contributed by atoms with Gasteiger partial charge < -0.3 is 5.32 Å². The number of hydrogen-bond donors (Lipinski definition) is 1. The number of hydrogen-bond acceptors (Lipinski definition) is 4. The first-order valence-electron chi connectivity index (χ1n) is 5.33. The number of nitrogens with zero attached hydrogens (tertiary/aromatic N) is 4. The molecule has 0 saturated heterocycles. The molecule has 2 aromatic heterocycles. The van der Waals surface area contributed by atoms with Gasteiger partial charge in [0.1, 0.15) is 0 Å². The normalized spacial score (nSPS) is 12.6. The molecule has 1 atom stereocenters. The van der Waals surface area contributed by atoms with Crippen molar-refractivity contribution in [3.63, 3.8) is 0 Å². The first-order valence-corrected chi connectivity index (χ1v) is 6.13.